The van der Waals surface area contributed by atoms with E-state index in [2.05, 4.69) is 16.9 Å². The number of aryl methyl sites for hydroxylation is 2. The fraction of sp³-hybridized carbons (Fsp3) is 0.333. The van der Waals surface area contributed by atoms with Crippen molar-refractivity contribution in [2.45, 2.75) is 26.7 Å². The van der Waals surface area contributed by atoms with Crippen molar-refractivity contribution < 1.29 is 0 Å². The monoisotopic (exact) mass is 235 g/mol. The van der Waals surface area contributed by atoms with Crippen molar-refractivity contribution in [2.24, 2.45) is 0 Å². The van der Waals surface area contributed by atoms with Gasteiger partial charge < -0.3 is 5.73 Å². The number of anilines is 1. The van der Waals surface area contributed by atoms with Gasteiger partial charge in [0.2, 0.25) is 0 Å². The number of nitrogens with two attached hydrogens (primary N) is 1. The fourth-order valence-electron chi connectivity index (χ4n) is 1.77. The van der Waals surface area contributed by atoms with E-state index in [4.69, 9.17) is 17.3 Å². The standard InChI is InChI=1S/C12H14ClN3/c1-3-4-10-15-11-7(2)5-8(13)6-9(11)12(14)16-10/h5-6H,3-4H2,1-2H3,(H2,14,15,16). The predicted octanol–water partition coefficient (Wildman–Crippen LogP) is 3.13. The molecule has 0 saturated carbocycles. The first-order chi connectivity index (χ1) is 7.61. The van der Waals surface area contributed by atoms with Crippen molar-refractivity contribution in [1.82, 2.24) is 9.97 Å². The Labute approximate surface area is 99.7 Å². The van der Waals surface area contributed by atoms with E-state index < -0.39 is 0 Å². The Bertz CT molecular complexity index is 537. The van der Waals surface area contributed by atoms with Crippen molar-refractivity contribution in [1.29, 1.82) is 0 Å². The number of rotatable bonds is 2. The minimum atomic E-state index is 0.513. The zero-order valence-electron chi connectivity index (χ0n) is 9.42. The third kappa shape index (κ3) is 1.95. The summed E-state index contributed by atoms with van der Waals surface area (Å²) in [6.07, 6.45) is 1.86. The lowest BCUT2D eigenvalue weighted by Crippen LogP contribution is -2.01. The first-order valence-corrected chi connectivity index (χ1v) is 5.72. The van der Waals surface area contributed by atoms with Gasteiger partial charge in [0.25, 0.3) is 0 Å². The molecule has 0 saturated heterocycles. The quantitative estimate of drug-likeness (QED) is 0.870. The summed E-state index contributed by atoms with van der Waals surface area (Å²) >= 11 is 5.99. The van der Waals surface area contributed by atoms with Gasteiger partial charge in [-0.05, 0) is 31.0 Å². The summed E-state index contributed by atoms with van der Waals surface area (Å²) in [6, 6.07) is 3.71. The first-order valence-electron chi connectivity index (χ1n) is 5.34. The Morgan fingerprint density at radius 1 is 1.31 bits per heavy atom. The Hall–Kier alpha value is -1.35. The summed E-state index contributed by atoms with van der Waals surface area (Å²) in [4.78, 5) is 8.80. The lowest BCUT2D eigenvalue weighted by Gasteiger charge is -2.07. The molecule has 2 N–H and O–H groups in total. The van der Waals surface area contributed by atoms with Crippen LogP contribution in [0.25, 0.3) is 10.9 Å². The molecule has 16 heavy (non-hydrogen) atoms. The van der Waals surface area contributed by atoms with Crippen LogP contribution in [0.1, 0.15) is 24.7 Å². The topological polar surface area (TPSA) is 51.8 Å². The molecule has 0 aliphatic carbocycles. The number of nitrogens with zero attached hydrogens (tertiary/aromatic N) is 2. The van der Waals surface area contributed by atoms with Gasteiger partial charge in [0.1, 0.15) is 11.6 Å². The molecule has 0 aliphatic rings. The molecule has 0 spiro atoms. The summed E-state index contributed by atoms with van der Waals surface area (Å²) in [5.74, 6) is 1.32. The Kier molecular flexibility index (Phi) is 2.97. The molecular weight excluding hydrogens is 222 g/mol. The molecule has 1 heterocycles. The molecule has 0 bridgehead atoms. The summed E-state index contributed by atoms with van der Waals surface area (Å²) in [5, 5.41) is 1.51. The molecule has 1 aromatic heterocycles. The number of hydrogen-bond acceptors (Lipinski definition) is 3. The van der Waals surface area contributed by atoms with Crippen molar-refractivity contribution in [3.05, 3.63) is 28.5 Å². The zero-order chi connectivity index (χ0) is 11.7. The number of halogens is 1. The SMILES string of the molecule is CCCc1nc(N)c2cc(Cl)cc(C)c2n1. The van der Waals surface area contributed by atoms with Crippen LogP contribution in [0, 0.1) is 6.92 Å². The van der Waals surface area contributed by atoms with Crippen LogP contribution in [0.2, 0.25) is 5.02 Å². The van der Waals surface area contributed by atoms with Gasteiger partial charge >= 0.3 is 0 Å². The number of nitrogen functional groups attached to an aromatic ring is 1. The summed E-state index contributed by atoms with van der Waals surface area (Å²) in [5.41, 5.74) is 7.85. The Morgan fingerprint density at radius 2 is 2.06 bits per heavy atom. The van der Waals surface area contributed by atoms with E-state index in [-0.39, 0.29) is 0 Å². The minimum absolute atomic E-state index is 0.513. The van der Waals surface area contributed by atoms with E-state index >= 15 is 0 Å². The maximum Gasteiger partial charge on any atom is 0.135 e. The molecule has 0 atom stereocenters. The smallest absolute Gasteiger partial charge is 0.135 e. The average Bonchev–Trinajstić information content (AvgIpc) is 2.20. The molecule has 0 fully saturated rings. The normalized spacial score (nSPS) is 10.9. The summed E-state index contributed by atoms with van der Waals surface area (Å²) < 4.78 is 0. The Balaban J connectivity index is 2.71. The Morgan fingerprint density at radius 3 is 2.75 bits per heavy atom. The van der Waals surface area contributed by atoms with Gasteiger partial charge in [-0.2, -0.15) is 0 Å². The highest BCUT2D eigenvalue weighted by Gasteiger charge is 2.08. The van der Waals surface area contributed by atoms with Gasteiger partial charge in [-0.15, -0.1) is 0 Å². The van der Waals surface area contributed by atoms with E-state index in [1.165, 1.54) is 0 Å². The molecule has 4 heteroatoms. The lowest BCUT2D eigenvalue weighted by atomic mass is 10.1. The van der Waals surface area contributed by atoms with Crippen molar-refractivity contribution >= 4 is 28.3 Å². The molecular formula is C12H14ClN3. The van der Waals surface area contributed by atoms with Crippen LogP contribution < -0.4 is 5.73 Å². The highest BCUT2D eigenvalue weighted by Crippen LogP contribution is 2.25. The largest absolute Gasteiger partial charge is 0.383 e. The number of benzene rings is 1. The van der Waals surface area contributed by atoms with E-state index in [0.717, 1.165) is 35.1 Å². The van der Waals surface area contributed by atoms with Gasteiger partial charge in [-0.3, -0.25) is 0 Å². The maximum absolute atomic E-state index is 5.99. The van der Waals surface area contributed by atoms with Gasteiger partial charge in [-0.25, -0.2) is 9.97 Å². The van der Waals surface area contributed by atoms with Crippen LogP contribution in [-0.4, -0.2) is 9.97 Å². The van der Waals surface area contributed by atoms with Gasteiger partial charge in [0.05, 0.1) is 5.52 Å². The molecule has 0 aliphatic heterocycles. The predicted molar refractivity (Wildman–Crippen MR) is 67.7 cm³/mol. The van der Waals surface area contributed by atoms with Crippen molar-refractivity contribution in [3.63, 3.8) is 0 Å². The zero-order valence-corrected chi connectivity index (χ0v) is 10.2. The van der Waals surface area contributed by atoms with Crippen LogP contribution in [0.3, 0.4) is 0 Å². The molecule has 2 aromatic rings. The van der Waals surface area contributed by atoms with Crippen LogP contribution >= 0.6 is 11.6 Å². The summed E-state index contributed by atoms with van der Waals surface area (Å²) in [7, 11) is 0. The first kappa shape index (κ1) is 11.1. The average molecular weight is 236 g/mol. The maximum atomic E-state index is 5.99. The van der Waals surface area contributed by atoms with Crippen LogP contribution in [0.15, 0.2) is 12.1 Å². The van der Waals surface area contributed by atoms with Crippen LogP contribution in [-0.2, 0) is 6.42 Å². The molecule has 0 unspecified atom stereocenters. The molecule has 0 radical (unpaired) electrons. The second kappa shape index (κ2) is 4.26. The van der Waals surface area contributed by atoms with Crippen molar-refractivity contribution in [2.75, 3.05) is 5.73 Å². The van der Waals surface area contributed by atoms with Crippen LogP contribution in [0.5, 0.6) is 0 Å². The van der Waals surface area contributed by atoms with Gasteiger partial charge in [0.15, 0.2) is 0 Å². The highest BCUT2D eigenvalue weighted by molar-refractivity contribution is 6.31. The molecule has 0 amide bonds. The molecule has 84 valence electrons. The van der Waals surface area contributed by atoms with E-state index in [1.807, 2.05) is 19.1 Å². The minimum Gasteiger partial charge on any atom is -0.383 e. The molecule has 1 aromatic carbocycles. The number of fused-ring (bicyclic) bond motifs is 1. The van der Waals surface area contributed by atoms with Crippen molar-refractivity contribution in [3.8, 4) is 0 Å². The number of aromatic nitrogens is 2. The summed E-state index contributed by atoms with van der Waals surface area (Å²) in [6.45, 7) is 4.08. The van der Waals surface area contributed by atoms with E-state index in [1.54, 1.807) is 0 Å². The third-order valence-corrected chi connectivity index (χ3v) is 2.72. The second-order valence-corrected chi connectivity index (χ2v) is 4.33. The molecule has 3 nitrogen and oxygen atoms in total. The van der Waals surface area contributed by atoms with E-state index in [0.29, 0.717) is 10.8 Å². The second-order valence-electron chi connectivity index (χ2n) is 3.89. The molecule has 2 rings (SSSR count). The van der Waals surface area contributed by atoms with Gasteiger partial charge in [-0.1, -0.05) is 18.5 Å². The number of hydrogen-bond donors (Lipinski definition) is 1. The highest BCUT2D eigenvalue weighted by atomic mass is 35.5. The van der Waals surface area contributed by atoms with Crippen LogP contribution in [0.4, 0.5) is 5.82 Å². The lowest BCUT2D eigenvalue weighted by molar-refractivity contribution is 0.846. The van der Waals surface area contributed by atoms with Gasteiger partial charge in [0, 0.05) is 16.8 Å². The van der Waals surface area contributed by atoms with E-state index in [9.17, 15) is 0 Å². The third-order valence-electron chi connectivity index (χ3n) is 2.51. The fourth-order valence-corrected chi connectivity index (χ4v) is 2.04.